The van der Waals surface area contributed by atoms with Gasteiger partial charge in [0.25, 0.3) is 0 Å². The lowest BCUT2D eigenvalue weighted by Gasteiger charge is -2.12. The van der Waals surface area contributed by atoms with E-state index in [1.165, 1.54) is 6.20 Å². The smallest absolute Gasteiger partial charge is 0.358 e. The predicted octanol–water partition coefficient (Wildman–Crippen LogP) is 0.783. The van der Waals surface area contributed by atoms with E-state index in [-0.39, 0.29) is 24.2 Å². The molecule has 1 aromatic carbocycles. The molecule has 0 saturated carbocycles. The number of aromatic nitrogens is 3. The van der Waals surface area contributed by atoms with Crippen molar-refractivity contribution in [1.29, 1.82) is 0 Å². The van der Waals surface area contributed by atoms with E-state index in [1.54, 1.807) is 24.3 Å². The third kappa shape index (κ3) is 4.07. The molecular weight excluding hydrogens is 316 g/mol. The number of ether oxygens (including phenoxy) is 2. The summed E-state index contributed by atoms with van der Waals surface area (Å²) in [5.41, 5.74) is 0.397. The maximum atomic E-state index is 11.9. The van der Waals surface area contributed by atoms with Crippen LogP contribution in [0.1, 0.15) is 16.9 Å². The molecule has 2 heterocycles. The van der Waals surface area contributed by atoms with Gasteiger partial charge in [0.2, 0.25) is 5.91 Å². The normalized spacial score (nSPS) is 16.8. The molecule has 1 aliphatic rings. The molecule has 2 N–H and O–H groups in total. The number of anilines is 1. The average Bonchev–Trinajstić information content (AvgIpc) is 3.21. The molecule has 1 unspecified atom stereocenters. The van der Waals surface area contributed by atoms with Crippen LogP contribution < -0.4 is 10.1 Å². The van der Waals surface area contributed by atoms with Gasteiger partial charge in [-0.3, -0.25) is 4.79 Å². The van der Waals surface area contributed by atoms with Gasteiger partial charge >= 0.3 is 5.97 Å². The molecule has 1 saturated heterocycles. The molecule has 0 bridgehead atoms. The SMILES string of the molecule is O=C(Cn1cc(C(=O)O)nn1)Nc1ccc(OC2CCOC2)cc1. The van der Waals surface area contributed by atoms with E-state index < -0.39 is 5.97 Å². The van der Waals surface area contributed by atoms with E-state index in [2.05, 4.69) is 15.6 Å². The maximum absolute atomic E-state index is 11.9. The van der Waals surface area contributed by atoms with Crippen LogP contribution in [0.2, 0.25) is 0 Å². The van der Waals surface area contributed by atoms with Crippen LogP contribution in [0, 0.1) is 0 Å². The number of carboxylic acids is 1. The molecule has 24 heavy (non-hydrogen) atoms. The van der Waals surface area contributed by atoms with Crippen LogP contribution in [0.4, 0.5) is 5.69 Å². The Hall–Kier alpha value is -2.94. The molecule has 9 nitrogen and oxygen atoms in total. The van der Waals surface area contributed by atoms with Gasteiger partial charge in [-0.25, -0.2) is 9.48 Å². The van der Waals surface area contributed by atoms with E-state index >= 15 is 0 Å². The predicted molar refractivity (Wildman–Crippen MR) is 81.9 cm³/mol. The third-order valence-electron chi connectivity index (χ3n) is 3.39. The molecule has 1 aliphatic heterocycles. The fourth-order valence-corrected chi connectivity index (χ4v) is 2.24. The lowest BCUT2D eigenvalue weighted by Crippen LogP contribution is -2.19. The standard InChI is InChI=1S/C15H16N4O5/c20-14(8-19-7-13(15(21)22)17-18-19)16-10-1-3-11(4-2-10)24-12-5-6-23-9-12/h1-4,7,12H,5-6,8-9H2,(H,16,20)(H,21,22). The number of amides is 1. The number of hydrogen-bond donors (Lipinski definition) is 2. The maximum Gasteiger partial charge on any atom is 0.358 e. The minimum Gasteiger partial charge on any atom is -0.488 e. The summed E-state index contributed by atoms with van der Waals surface area (Å²) in [6.45, 7) is 1.18. The van der Waals surface area contributed by atoms with Gasteiger partial charge in [-0.1, -0.05) is 5.21 Å². The van der Waals surface area contributed by atoms with Gasteiger partial charge < -0.3 is 19.9 Å². The second-order valence-electron chi connectivity index (χ2n) is 5.28. The first kappa shape index (κ1) is 15.9. The molecule has 0 aliphatic carbocycles. The van der Waals surface area contributed by atoms with Crippen LogP contribution in [-0.4, -0.2) is 51.3 Å². The van der Waals surface area contributed by atoms with Crippen molar-refractivity contribution in [3.63, 3.8) is 0 Å². The minimum absolute atomic E-state index is 0.0705. The lowest BCUT2D eigenvalue weighted by atomic mass is 10.2. The Morgan fingerprint density at radius 1 is 1.38 bits per heavy atom. The lowest BCUT2D eigenvalue weighted by molar-refractivity contribution is -0.116. The molecule has 3 rings (SSSR count). The van der Waals surface area contributed by atoms with Crippen molar-refractivity contribution in [3.8, 4) is 5.75 Å². The van der Waals surface area contributed by atoms with Gasteiger partial charge in [0.05, 0.1) is 19.4 Å². The molecular formula is C15H16N4O5. The minimum atomic E-state index is -1.19. The van der Waals surface area contributed by atoms with Gasteiger partial charge in [-0.05, 0) is 24.3 Å². The molecule has 1 fully saturated rings. The molecule has 2 aromatic rings. The van der Waals surface area contributed by atoms with Crippen LogP contribution >= 0.6 is 0 Å². The Kier molecular flexibility index (Phi) is 4.71. The number of carbonyl (C=O) groups is 2. The summed E-state index contributed by atoms with van der Waals surface area (Å²) in [5.74, 6) is -0.814. The van der Waals surface area contributed by atoms with Crippen molar-refractivity contribution < 1.29 is 24.2 Å². The summed E-state index contributed by atoms with van der Waals surface area (Å²) in [4.78, 5) is 22.6. The molecule has 9 heteroatoms. The van der Waals surface area contributed by atoms with Gasteiger partial charge in [0.15, 0.2) is 5.69 Å². The highest BCUT2D eigenvalue weighted by molar-refractivity contribution is 5.90. The van der Waals surface area contributed by atoms with Gasteiger partial charge in [-0.2, -0.15) is 0 Å². The molecule has 0 radical (unpaired) electrons. The van der Waals surface area contributed by atoms with Crippen molar-refractivity contribution >= 4 is 17.6 Å². The Morgan fingerprint density at radius 2 is 2.17 bits per heavy atom. The highest BCUT2D eigenvalue weighted by Crippen LogP contribution is 2.19. The summed E-state index contributed by atoms with van der Waals surface area (Å²) in [5, 5.41) is 18.5. The van der Waals surface area contributed by atoms with E-state index in [9.17, 15) is 9.59 Å². The van der Waals surface area contributed by atoms with Gasteiger partial charge in [0, 0.05) is 12.1 Å². The summed E-state index contributed by atoms with van der Waals surface area (Å²) in [6, 6.07) is 7.00. The molecule has 1 aromatic heterocycles. The summed E-state index contributed by atoms with van der Waals surface area (Å²) in [6.07, 6.45) is 2.14. The second-order valence-corrected chi connectivity index (χ2v) is 5.28. The highest BCUT2D eigenvalue weighted by Gasteiger charge is 2.17. The number of rotatable bonds is 6. The summed E-state index contributed by atoms with van der Waals surface area (Å²) >= 11 is 0. The van der Waals surface area contributed by atoms with Crippen molar-refractivity contribution in [2.75, 3.05) is 18.5 Å². The Bertz CT molecular complexity index is 722. The molecule has 1 amide bonds. The zero-order chi connectivity index (χ0) is 16.9. The topological polar surface area (TPSA) is 116 Å². The number of carboxylic acid groups (broad SMARTS) is 1. The van der Waals surface area contributed by atoms with E-state index in [0.717, 1.165) is 11.1 Å². The Balaban J connectivity index is 1.52. The van der Waals surface area contributed by atoms with Crippen LogP contribution in [0.5, 0.6) is 5.75 Å². The second kappa shape index (κ2) is 7.09. The molecule has 0 spiro atoms. The van der Waals surface area contributed by atoms with Crippen molar-refractivity contribution in [2.45, 2.75) is 19.1 Å². The van der Waals surface area contributed by atoms with Crippen molar-refractivity contribution in [1.82, 2.24) is 15.0 Å². The van der Waals surface area contributed by atoms with E-state index in [0.29, 0.717) is 24.7 Å². The fraction of sp³-hybridized carbons (Fsp3) is 0.333. The first-order chi connectivity index (χ1) is 11.6. The number of hydrogen-bond acceptors (Lipinski definition) is 6. The van der Waals surface area contributed by atoms with Gasteiger partial charge in [-0.15, -0.1) is 5.10 Å². The first-order valence-corrected chi connectivity index (χ1v) is 7.38. The van der Waals surface area contributed by atoms with Crippen LogP contribution in [0.15, 0.2) is 30.5 Å². The zero-order valence-corrected chi connectivity index (χ0v) is 12.7. The summed E-state index contributed by atoms with van der Waals surface area (Å²) < 4.78 is 12.2. The van der Waals surface area contributed by atoms with Crippen LogP contribution in [-0.2, 0) is 16.1 Å². The van der Waals surface area contributed by atoms with Crippen molar-refractivity contribution in [2.24, 2.45) is 0 Å². The Morgan fingerprint density at radius 3 is 2.79 bits per heavy atom. The van der Waals surface area contributed by atoms with Crippen LogP contribution in [0.25, 0.3) is 0 Å². The van der Waals surface area contributed by atoms with Crippen molar-refractivity contribution in [3.05, 3.63) is 36.2 Å². The number of benzene rings is 1. The number of nitrogens with zero attached hydrogens (tertiary/aromatic N) is 3. The first-order valence-electron chi connectivity index (χ1n) is 7.38. The number of nitrogens with one attached hydrogen (secondary N) is 1. The zero-order valence-electron chi connectivity index (χ0n) is 12.7. The quantitative estimate of drug-likeness (QED) is 0.803. The molecule has 1 atom stereocenters. The van der Waals surface area contributed by atoms with E-state index in [4.69, 9.17) is 14.6 Å². The average molecular weight is 332 g/mol. The fourth-order valence-electron chi connectivity index (χ4n) is 2.24. The molecule has 126 valence electrons. The Labute approximate surface area is 137 Å². The van der Waals surface area contributed by atoms with Gasteiger partial charge in [0.1, 0.15) is 18.4 Å². The van der Waals surface area contributed by atoms with Crippen LogP contribution in [0.3, 0.4) is 0 Å². The third-order valence-corrected chi connectivity index (χ3v) is 3.39. The number of carbonyl (C=O) groups excluding carboxylic acids is 1. The number of aromatic carboxylic acids is 1. The highest BCUT2D eigenvalue weighted by atomic mass is 16.5. The summed E-state index contributed by atoms with van der Waals surface area (Å²) in [7, 11) is 0. The monoisotopic (exact) mass is 332 g/mol. The largest absolute Gasteiger partial charge is 0.488 e. The van der Waals surface area contributed by atoms with E-state index in [1.807, 2.05) is 0 Å².